The van der Waals surface area contributed by atoms with E-state index in [1.165, 1.54) is 22.7 Å². The van der Waals surface area contributed by atoms with Crippen molar-refractivity contribution >= 4 is 17.8 Å². The van der Waals surface area contributed by atoms with Crippen molar-refractivity contribution in [1.29, 1.82) is 0 Å². The Kier molecular flexibility index (Phi) is 3.93. The van der Waals surface area contributed by atoms with Crippen LogP contribution in [0.3, 0.4) is 0 Å². The summed E-state index contributed by atoms with van der Waals surface area (Å²) in [6.07, 6.45) is 8.89. The molecule has 128 valence electrons. The highest BCUT2D eigenvalue weighted by atomic mass is 19.1. The van der Waals surface area contributed by atoms with Crippen LogP contribution < -0.4 is 5.56 Å². The molecular weight excluding hydrogens is 331 g/mol. The van der Waals surface area contributed by atoms with Crippen molar-refractivity contribution in [2.45, 2.75) is 6.92 Å². The SMILES string of the molecule is Cc1cn(-c2ccc(F)cc2)n2c(=O)cc(/C=C/c3cccnc3)nc12. The van der Waals surface area contributed by atoms with Crippen molar-refractivity contribution in [3.05, 3.63) is 94.0 Å². The van der Waals surface area contributed by atoms with Crippen molar-refractivity contribution in [1.82, 2.24) is 19.2 Å². The van der Waals surface area contributed by atoms with Crippen LogP contribution in [0.15, 0.2) is 65.8 Å². The van der Waals surface area contributed by atoms with Gasteiger partial charge in [0.2, 0.25) is 0 Å². The lowest BCUT2D eigenvalue weighted by molar-refractivity contribution is 0.626. The van der Waals surface area contributed by atoms with Crippen LogP contribution >= 0.6 is 0 Å². The van der Waals surface area contributed by atoms with E-state index < -0.39 is 0 Å². The number of aryl methyl sites for hydroxylation is 1. The first-order valence-electron chi connectivity index (χ1n) is 8.08. The number of hydrogen-bond acceptors (Lipinski definition) is 3. The molecule has 0 saturated heterocycles. The third-order valence-corrected chi connectivity index (χ3v) is 4.02. The summed E-state index contributed by atoms with van der Waals surface area (Å²) >= 11 is 0. The van der Waals surface area contributed by atoms with E-state index in [1.807, 2.05) is 31.3 Å². The van der Waals surface area contributed by atoms with Crippen molar-refractivity contribution in [2.75, 3.05) is 0 Å². The molecule has 3 heterocycles. The Morgan fingerprint density at radius 2 is 1.92 bits per heavy atom. The van der Waals surface area contributed by atoms with Crippen molar-refractivity contribution in [3.8, 4) is 5.69 Å². The minimum atomic E-state index is -0.324. The van der Waals surface area contributed by atoms with E-state index in [4.69, 9.17) is 0 Å². The zero-order chi connectivity index (χ0) is 18.1. The fourth-order valence-corrected chi connectivity index (χ4v) is 2.78. The number of rotatable bonds is 3. The molecule has 1 aromatic carbocycles. The van der Waals surface area contributed by atoms with E-state index in [0.717, 1.165) is 11.1 Å². The fraction of sp³-hybridized carbons (Fsp3) is 0.0500. The molecule has 0 spiro atoms. The molecule has 0 amide bonds. The lowest BCUT2D eigenvalue weighted by atomic mass is 10.2. The molecular formula is C20H15FN4O. The van der Waals surface area contributed by atoms with Crippen LogP contribution in [0, 0.1) is 12.7 Å². The van der Waals surface area contributed by atoms with Crippen LogP contribution in [-0.4, -0.2) is 19.2 Å². The summed E-state index contributed by atoms with van der Waals surface area (Å²) in [6.45, 7) is 1.89. The average Bonchev–Trinajstić information content (AvgIpc) is 2.99. The van der Waals surface area contributed by atoms with Crippen LogP contribution in [0.2, 0.25) is 0 Å². The van der Waals surface area contributed by atoms with Crippen LogP contribution in [0.4, 0.5) is 4.39 Å². The minimum Gasteiger partial charge on any atom is -0.267 e. The van der Waals surface area contributed by atoms with Crippen molar-refractivity contribution in [3.63, 3.8) is 0 Å². The van der Waals surface area contributed by atoms with Crippen LogP contribution in [0.1, 0.15) is 16.8 Å². The Hall–Kier alpha value is -3.54. The summed E-state index contributed by atoms with van der Waals surface area (Å²) < 4.78 is 16.3. The molecule has 0 radical (unpaired) electrons. The average molecular weight is 346 g/mol. The minimum absolute atomic E-state index is 0.210. The zero-order valence-electron chi connectivity index (χ0n) is 14.0. The van der Waals surface area contributed by atoms with Crippen molar-refractivity contribution in [2.24, 2.45) is 0 Å². The number of pyridine rings is 1. The molecule has 0 fully saturated rings. The second kappa shape index (κ2) is 6.40. The molecule has 0 atom stereocenters. The van der Waals surface area contributed by atoms with Gasteiger partial charge in [-0.2, -0.15) is 4.52 Å². The Morgan fingerprint density at radius 1 is 1.12 bits per heavy atom. The maximum Gasteiger partial charge on any atom is 0.273 e. The molecule has 0 aliphatic heterocycles. The summed E-state index contributed by atoms with van der Waals surface area (Å²) in [7, 11) is 0. The predicted molar refractivity (Wildman–Crippen MR) is 98.6 cm³/mol. The highest BCUT2D eigenvalue weighted by Crippen LogP contribution is 2.15. The van der Waals surface area contributed by atoms with E-state index in [-0.39, 0.29) is 11.4 Å². The van der Waals surface area contributed by atoms with Gasteiger partial charge in [-0.25, -0.2) is 9.37 Å². The van der Waals surface area contributed by atoms with E-state index in [1.54, 1.807) is 35.3 Å². The molecule has 5 nitrogen and oxygen atoms in total. The highest BCUT2D eigenvalue weighted by Gasteiger charge is 2.11. The molecule has 26 heavy (non-hydrogen) atoms. The molecule has 0 aliphatic rings. The maximum atomic E-state index is 13.2. The Labute approximate surface area is 148 Å². The first kappa shape index (κ1) is 16.0. The van der Waals surface area contributed by atoms with Gasteiger partial charge in [0.05, 0.1) is 11.4 Å². The second-order valence-corrected chi connectivity index (χ2v) is 5.91. The van der Waals surface area contributed by atoms with E-state index in [0.29, 0.717) is 17.0 Å². The first-order chi connectivity index (χ1) is 12.6. The number of aromatic nitrogens is 4. The Bertz CT molecular complexity index is 1160. The summed E-state index contributed by atoms with van der Waals surface area (Å²) in [4.78, 5) is 21.3. The monoisotopic (exact) mass is 346 g/mol. The number of benzene rings is 1. The molecule has 0 bridgehead atoms. The van der Waals surface area contributed by atoms with E-state index in [2.05, 4.69) is 9.97 Å². The molecule has 0 saturated carbocycles. The third-order valence-electron chi connectivity index (χ3n) is 4.02. The topological polar surface area (TPSA) is 52.2 Å². The largest absolute Gasteiger partial charge is 0.273 e. The predicted octanol–water partition coefficient (Wildman–Crippen LogP) is 3.50. The fourth-order valence-electron chi connectivity index (χ4n) is 2.78. The number of halogens is 1. The normalized spacial score (nSPS) is 11.5. The summed E-state index contributed by atoms with van der Waals surface area (Å²) in [6, 6.07) is 11.2. The van der Waals surface area contributed by atoms with Crippen molar-refractivity contribution < 1.29 is 4.39 Å². The number of nitrogens with zero attached hydrogens (tertiary/aromatic N) is 4. The highest BCUT2D eigenvalue weighted by molar-refractivity contribution is 5.68. The van der Waals surface area contributed by atoms with Gasteiger partial charge in [-0.15, -0.1) is 0 Å². The first-order valence-corrected chi connectivity index (χ1v) is 8.08. The third kappa shape index (κ3) is 2.93. The standard InChI is InChI=1S/C20H15FN4O/c1-14-13-24(18-8-5-16(21)6-9-18)25-19(26)11-17(23-20(14)25)7-4-15-3-2-10-22-12-15/h2-13H,1H3/b7-4+. The molecule has 3 aromatic heterocycles. The molecule has 0 unspecified atom stereocenters. The molecule has 4 rings (SSSR count). The van der Waals surface area contributed by atoms with Gasteiger partial charge in [-0.3, -0.25) is 14.5 Å². The smallest absolute Gasteiger partial charge is 0.267 e. The van der Waals surface area contributed by atoms with Gasteiger partial charge in [-0.05, 0) is 48.9 Å². The van der Waals surface area contributed by atoms with E-state index in [9.17, 15) is 9.18 Å². The van der Waals surface area contributed by atoms with Gasteiger partial charge in [-0.1, -0.05) is 12.1 Å². The summed E-state index contributed by atoms with van der Waals surface area (Å²) in [5, 5.41) is 0. The quantitative estimate of drug-likeness (QED) is 0.570. The number of hydrogen-bond donors (Lipinski definition) is 0. The second-order valence-electron chi connectivity index (χ2n) is 5.91. The van der Waals surface area contributed by atoms with Gasteiger partial charge in [0.15, 0.2) is 5.65 Å². The molecule has 0 N–H and O–H groups in total. The van der Waals surface area contributed by atoms with Crippen LogP contribution in [-0.2, 0) is 0 Å². The van der Waals surface area contributed by atoms with Gasteiger partial charge in [0, 0.05) is 30.2 Å². The lowest BCUT2D eigenvalue weighted by Gasteiger charge is -2.06. The van der Waals surface area contributed by atoms with Gasteiger partial charge < -0.3 is 0 Å². The van der Waals surface area contributed by atoms with E-state index >= 15 is 0 Å². The molecule has 4 aromatic rings. The Balaban J connectivity index is 1.81. The van der Waals surface area contributed by atoms with Crippen LogP contribution in [0.5, 0.6) is 0 Å². The lowest BCUT2D eigenvalue weighted by Crippen LogP contribution is -2.20. The zero-order valence-corrected chi connectivity index (χ0v) is 14.0. The van der Waals surface area contributed by atoms with Crippen LogP contribution in [0.25, 0.3) is 23.5 Å². The molecule has 6 heteroatoms. The summed E-state index contributed by atoms with van der Waals surface area (Å²) in [5.41, 5.74) is 3.38. The maximum absolute atomic E-state index is 13.2. The van der Waals surface area contributed by atoms with Gasteiger partial charge in [0.1, 0.15) is 5.82 Å². The number of fused-ring (bicyclic) bond motifs is 1. The summed E-state index contributed by atoms with van der Waals surface area (Å²) in [5.74, 6) is -0.324. The Morgan fingerprint density at radius 3 is 2.65 bits per heavy atom. The van der Waals surface area contributed by atoms with Gasteiger partial charge >= 0.3 is 0 Å². The van der Waals surface area contributed by atoms with Gasteiger partial charge in [0.25, 0.3) is 5.56 Å². The molecule has 0 aliphatic carbocycles.